The van der Waals surface area contributed by atoms with Gasteiger partial charge in [0, 0.05) is 19.6 Å². The van der Waals surface area contributed by atoms with Crippen molar-refractivity contribution in [3.8, 4) is 0 Å². The largest absolute Gasteiger partial charge is 0.359 e. The molecule has 5 aliphatic rings. The molecule has 3 fully saturated rings. The first-order chi connectivity index (χ1) is 36.5. The van der Waals surface area contributed by atoms with Crippen molar-refractivity contribution >= 4 is 71.8 Å². The molecule has 2 aliphatic carbocycles. The van der Waals surface area contributed by atoms with Gasteiger partial charge in [0.15, 0.2) is 0 Å². The number of likely N-dealkylation sites (tertiary alicyclic amines) is 1. The molecule has 3 aromatic carbocycles. The van der Waals surface area contributed by atoms with E-state index >= 15 is 0 Å². The number of benzene rings is 3. The van der Waals surface area contributed by atoms with Crippen molar-refractivity contribution in [2.45, 2.75) is 146 Å². The van der Waals surface area contributed by atoms with Gasteiger partial charge in [-0.2, -0.15) is 0 Å². The van der Waals surface area contributed by atoms with Gasteiger partial charge in [0.2, 0.25) is 48.3 Å². The van der Waals surface area contributed by atoms with Crippen molar-refractivity contribution in [2.75, 3.05) is 25.1 Å². The Hall–Kier alpha value is -5.92. The Morgan fingerprint density at radius 2 is 1.26 bits per heavy atom. The van der Waals surface area contributed by atoms with Gasteiger partial charge in [-0.25, -0.2) is 0 Å². The molecule has 3 saturated heterocycles. The minimum Gasteiger partial charge on any atom is -0.359 e. The summed E-state index contributed by atoms with van der Waals surface area (Å²) in [5.74, 6) is -1.34. The van der Waals surface area contributed by atoms with Crippen LogP contribution >= 0.6 is 23.5 Å². The number of likely N-dealkylation sites (N-methyl/N-ethyl adjacent to an activating group) is 1. The highest BCUT2D eigenvalue weighted by Gasteiger charge is 2.55. The first kappa shape index (κ1) is 56.3. The Bertz CT molecular complexity index is 2630. The zero-order chi connectivity index (χ0) is 54.3. The Labute approximate surface area is 455 Å². The van der Waals surface area contributed by atoms with Crippen LogP contribution in [0.3, 0.4) is 0 Å². The minimum absolute atomic E-state index is 0.192. The molecule has 8 amide bonds. The summed E-state index contributed by atoms with van der Waals surface area (Å²) in [5, 5.41) is 20.9. The van der Waals surface area contributed by atoms with Crippen molar-refractivity contribution in [3.05, 3.63) is 106 Å². The van der Waals surface area contributed by atoms with Gasteiger partial charge < -0.3 is 47.0 Å². The monoisotopic (exact) mass is 1080 g/mol. The van der Waals surface area contributed by atoms with E-state index in [1.54, 1.807) is 47.3 Å². The van der Waals surface area contributed by atoms with Gasteiger partial charge in [-0.1, -0.05) is 100 Å². The highest BCUT2D eigenvalue weighted by Crippen LogP contribution is 2.48. The number of hydrogen-bond donors (Lipinski definition) is 7. The maximum Gasteiger partial charge on any atom is 0.246 e. The van der Waals surface area contributed by atoms with Crippen molar-refractivity contribution in [2.24, 2.45) is 22.7 Å². The van der Waals surface area contributed by atoms with E-state index < -0.39 is 58.9 Å². The number of nitrogens with one attached hydrogen (secondary N) is 7. The number of thioether (sulfide) groups is 2. The molecular formula is C57H75N9O8S2. The lowest BCUT2D eigenvalue weighted by molar-refractivity contribution is -0.144. The lowest BCUT2D eigenvalue weighted by Gasteiger charge is -2.38. The number of fused-ring (bicyclic) bond motifs is 3. The van der Waals surface area contributed by atoms with Crippen molar-refractivity contribution in [3.63, 3.8) is 0 Å². The predicted molar refractivity (Wildman–Crippen MR) is 294 cm³/mol. The van der Waals surface area contributed by atoms with Crippen LogP contribution in [0, 0.1) is 22.7 Å². The molecule has 19 heteroatoms. The van der Waals surface area contributed by atoms with Crippen LogP contribution in [0.25, 0.3) is 0 Å². The third kappa shape index (κ3) is 12.4. The highest BCUT2D eigenvalue weighted by molar-refractivity contribution is 8.00. The van der Waals surface area contributed by atoms with Gasteiger partial charge in [0.1, 0.15) is 18.1 Å². The number of rotatable bonds is 20. The fraction of sp³-hybridized carbons (Fsp3) is 0.544. The minimum atomic E-state index is -0.821. The van der Waals surface area contributed by atoms with Gasteiger partial charge in [-0.3, -0.25) is 38.4 Å². The third-order valence-electron chi connectivity index (χ3n) is 16.3. The van der Waals surface area contributed by atoms with Crippen LogP contribution in [0.15, 0.2) is 72.8 Å². The van der Waals surface area contributed by atoms with Crippen LogP contribution in [0.5, 0.6) is 0 Å². The van der Waals surface area contributed by atoms with Gasteiger partial charge >= 0.3 is 0 Å². The fourth-order valence-corrected chi connectivity index (χ4v) is 15.1. The molecule has 3 aromatic rings. The first-order valence-electron chi connectivity index (χ1n) is 26.8. The number of aryl methyl sites for hydroxylation is 2. The SMILES string of the molecule is CN[C@@H](C)C(=O)N[C@H]1CCS[C@H]2CC(C)(C)[C@@H](C(=O)N[C@@H]3c4ccccc4CC[C@H]3C(=O)NCc3ccc(CNC(=O)[C@@H]4CCc5ccccc5[C@@H]4NC(=O)[C@H]4N(C=O)[C@@H](SCCCNC=O)CC4(C)C)cc3)N2C1=O. The summed E-state index contributed by atoms with van der Waals surface area (Å²) in [6.07, 6.45) is 6.21. The first-order valence-corrected chi connectivity index (χ1v) is 28.9. The van der Waals surface area contributed by atoms with Crippen molar-refractivity contribution < 1.29 is 38.4 Å². The third-order valence-corrected chi connectivity index (χ3v) is 18.8. The maximum absolute atomic E-state index is 14.8. The van der Waals surface area contributed by atoms with Crippen LogP contribution in [0.2, 0.25) is 0 Å². The zero-order valence-electron chi connectivity index (χ0n) is 44.5. The fourth-order valence-electron chi connectivity index (χ4n) is 12.1. The molecule has 0 aromatic heterocycles. The average molecular weight is 1080 g/mol. The predicted octanol–water partition coefficient (Wildman–Crippen LogP) is 4.39. The Kier molecular flexibility index (Phi) is 18.2. The second kappa shape index (κ2) is 24.6. The summed E-state index contributed by atoms with van der Waals surface area (Å²) >= 11 is 3.23. The number of amides is 8. The number of carbonyl (C=O) groups is 8. The standard InChI is InChI=1S/C57H75N9O8S2/c1-34(58-6)50(69)62-43-24-27-76-45-29-57(4,5)49(66(45)55(43)74)54(73)64-47-40-15-10-8-13-38(40)21-23-42(47)52(71)61-31-36-18-16-35(17-19-36)30-60-51(70)41-22-20-37-12-7-9-14-39(37)46(41)63-53(72)48-56(2,3)28-44(65(48)33-68)75-26-11-25-59-32-67/h7-10,12-19,32-34,41-49,58H,11,20-31H2,1-6H3,(H,59,67)(H,60,70)(H,61,71)(H,62,69)(H,63,72)(H,64,73)/t34-,41+,42+,43-,44-,45-,46-,47+,48+,49+/m0/s1. The second-order valence-electron chi connectivity index (χ2n) is 22.3. The van der Waals surface area contributed by atoms with Crippen LogP contribution in [0.1, 0.15) is 119 Å². The molecule has 0 unspecified atom stereocenters. The molecule has 7 N–H and O–H groups in total. The number of hydrogen-bond acceptors (Lipinski definition) is 11. The molecule has 0 bridgehead atoms. The Morgan fingerprint density at radius 1 is 0.724 bits per heavy atom. The van der Waals surface area contributed by atoms with Crippen LogP contribution in [0.4, 0.5) is 0 Å². The van der Waals surface area contributed by atoms with E-state index in [0.29, 0.717) is 69.4 Å². The van der Waals surface area contributed by atoms with E-state index in [-0.39, 0.29) is 59.3 Å². The second-order valence-corrected chi connectivity index (χ2v) is 24.9. The summed E-state index contributed by atoms with van der Waals surface area (Å²) in [4.78, 5) is 111. The van der Waals surface area contributed by atoms with Crippen LogP contribution in [-0.4, -0.2) is 118 Å². The summed E-state index contributed by atoms with van der Waals surface area (Å²) in [6.45, 7) is 10.7. The molecule has 3 aliphatic heterocycles. The molecule has 17 nitrogen and oxygen atoms in total. The average Bonchev–Trinajstić information content (AvgIpc) is 3.82. The highest BCUT2D eigenvalue weighted by atomic mass is 32.2. The smallest absolute Gasteiger partial charge is 0.246 e. The molecule has 76 heavy (non-hydrogen) atoms. The summed E-state index contributed by atoms with van der Waals surface area (Å²) < 4.78 is 0. The van der Waals surface area contributed by atoms with Gasteiger partial charge in [0.05, 0.1) is 40.7 Å². The number of carbonyl (C=O) groups excluding carboxylic acids is 8. The number of nitrogens with zero attached hydrogens (tertiary/aromatic N) is 2. The van der Waals surface area contributed by atoms with Gasteiger partial charge in [-0.15, -0.1) is 23.5 Å². The van der Waals surface area contributed by atoms with Crippen LogP contribution < -0.4 is 37.2 Å². The molecule has 3 heterocycles. The van der Waals surface area contributed by atoms with Crippen molar-refractivity contribution in [1.29, 1.82) is 0 Å². The van der Waals surface area contributed by atoms with Gasteiger partial charge in [-0.05, 0) is 121 Å². The summed E-state index contributed by atoms with van der Waals surface area (Å²) in [7, 11) is 1.69. The van der Waals surface area contributed by atoms with Crippen molar-refractivity contribution in [1.82, 2.24) is 47.0 Å². The van der Waals surface area contributed by atoms with E-state index in [2.05, 4.69) is 37.2 Å². The van der Waals surface area contributed by atoms with E-state index in [1.807, 2.05) is 100 Å². The quantitative estimate of drug-likeness (QED) is 0.0621. The summed E-state index contributed by atoms with van der Waals surface area (Å²) in [6, 6.07) is 19.3. The zero-order valence-corrected chi connectivity index (χ0v) is 46.2. The molecule has 408 valence electrons. The van der Waals surface area contributed by atoms with E-state index in [0.717, 1.165) is 46.2 Å². The van der Waals surface area contributed by atoms with Crippen LogP contribution in [-0.2, 0) is 64.3 Å². The van der Waals surface area contributed by atoms with E-state index in [4.69, 9.17) is 0 Å². The molecule has 0 saturated carbocycles. The topological polar surface area (TPSA) is 227 Å². The lowest BCUT2D eigenvalue weighted by Crippen LogP contribution is -2.58. The maximum atomic E-state index is 14.8. The molecular weight excluding hydrogens is 1000 g/mol. The lowest BCUT2D eigenvalue weighted by atomic mass is 9.78. The molecule has 10 atom stereocenters. The Morgan fingerprint density at radius 3 is 1.80 bits per heavy atom. The van der Waals surface area contributed by atoms with E-state index in [9.17, 15) is 38.4 Å². The normalized spacial score (nSPS) is 26.6. The molecule has 8 rings (SSSR count). The molecule has 0 radical (unpaired) electrons. The van der Waals surface area contributed by atoms with E-state index in [1.165, 1.54) is 0 Å². The molecule has 0 spiro atoms. The Balaban J connectivity index is 0.894. The van der Waals surface area contributed by atoms with Gasteiger partial charge in [0.25, 0.3) is 0 Å². The summed E-state index contributed by atoms with van der Waals surface area (Å²) in [5.41, 5.74) is 4.48.